The number of carbonyl (C=O) groups is 1. The Kier molecular flexibility index (Phi) is 5.08. The Bertz CT molecular complexity index is 1480. The lowest BCUT2D eigenvalue weighted by Crippen LogP contribution is -2.45. The molecule has 2 bridgehead atoms. The molecule has 3 aromatic heterocycles. The van der Waals surface area contributed by atoms with Gasteiger partial charge < -0.3 is 19.4 Å². The molecule has 0 radical (unpaired) electrons. The van der Waals surface area contributed by atoms with Gasteiger partial charge >= 0.3 is 0 Å². The van der Waals surface area contributed by atoms with Gasteiger partial charge in [-0.2, -0.15) is 4.98 Å². The number of pyridine rings is 1. The van der Waals surface area contributed by atoms with Crippen LogP contribution in [0.1, 0.15) is 69.1 Å². The second-order valence-corrected chi connectivity index (χ2v) is 11.4. The lowest BCUT2D eigenvalue weighted by molar-refractivity contribution is 0.0154. The highest BCUT2D eigenvalue weighted by Crippen LogP contribution is 2.59. The van der Waals surface area contributed by atoms with Crippen molar-refractivity contribution in [2.45, 2.75) is 76.5 Å². The molecule has 1 N–H and O–H groups in total. The van der Waals surface area contributed by atoms with Crippen molar-refractivity contribution in [2.75, 3.05) is 11.9 Å². The number of ether oxygens (including phenoxy) is 2. The van der Waals surface area contributed by atoms with Gasteiger partial charge in [0, 0.05) is 30.0 Å². The summed E-state index contributed by atoms with van der Waals surface area (Å²) in [7, 11) is 0. The summed E-state index contributed by atoms with van der Waals surface area (Å²) < 4.78 is 41.5. The Labute approximate surface area is 211 Å². The largest absolute Gasteiger partial charge is 0.474 e. The molecule has 1 amide bonds. The first-order valence-electron chi connectivity index (χ1n) is 12.4. The van der Waals surface area contributed by atoms with E-state index in [-0.39, 0.29) is 40.7 Å². The molecule has 9 nitrogen and oxygen atoms in total. The molecule has 4 fully saturated rings. The minimum atomic E-state index is -2.54. The van der Waals surface area contributed by atoms with Crippen LogP contribution >= 0.6 is 0 Å². The van der Waals surface area contributed by atoms with Crippen LogP contribution in [0.4, 0.5) is 14.5 Å². The summed E-state index contributed by atoms with van der Waals surface area (Å²) in [6.07, 6.45) is 4.09. The number of hydrogen-bond donors (Lipinski definition) is 1. The first-order valence-corrected chi connectivity index (χ1v) is 12.4. The van der Waals surface area contributed by atoms with E-state index in [1.165, 1.54) is 23.8 Å². The maximum absolute atomic E-state index is 13.4. The standard InChI is InChI=1S/C26H29F2N5O4/c1-14(2)37-20-15(9-32-10-17(30-23(32)31-20)26-11-24(3,12-26)36-13-26)19(34)29-16-6-5-7-33(21(16)35)18-8-25(18,4)22(27)28/h5-7,9-10,14,18,22H,8,11-13H2,1-4H3,(H,29,34)/t18?,24-,25?,26-. The average Bonchev–Trinajstić information content (AvgIpc) is 3.09. The number of nitrogens with zero attached hydrogens (tertiary/aromatic N) is 4. The molecular formula is C26H29F2N5O4. The van der Waals surface area contributed by atoms with E-state index in [1.54, 1.807) is 16.7 Å². The van der Waals surface area contributed by atoms with Crippen LogP contribution in [0.15, 0.2) is 35.5 Å². The Morgan fingerprint density at radius 3 is 2.62 bits per heavy atom. The van der Waals surface area contributed by atoms with Gasteiger partial charge in [-0.05, 0) is 52.2 Å². The molecule has 0 aromatic carbocycles. The van der Waals surface area contributed by atoms with Crippen LogP contribution in [0, 0.1) is 5.41 Å². The number of fused-ring (bicyclic) bond motifs is 2. The van der Waals surface area contributed by atoms with Gasteiger partial charge in [0.25, 0.3) is 11.5 Å². The molecule has 2 saturated heterocycles. The third-order valence-electron chi connectivity index (χ3n) is 7.96. The van der Waals surface area contributed by atoms with Crippen LogP contribution in [-0.4, -0.2) is 49.6 Å². The highest BCUT2D eigenvalue weighted by atomic mass is 19.3. The monoisotopic (exact) mass is 513 g/mol. The van der Waals surface area contributed by atoms with E-state index in [0.717, 1.165) is 18.5 Å². The summed E-state index contributed by atoms with van der Waals surface area (Å²) in [6, 6.07) is 2.40. The number of carbonyl (C=O) groups excluding carboxylic acids is 1. The van der Waals surface area contributed by atoms with Gasteiger partial charge in [0.05, 0.1) is 29.4 Å². The average molecular weight is 514 g/mol. The Morgan fingerprint density at radius 1 is 1.24 bits per heavy atom. The molecule has 37 heavy (non-hydrogen) atoms. The van der Waals surface area contributed by atoms with E-state index < -0.39 is 29.3 Å². The van der Waals surface area contributed by atoms with Crippen LogP contribution in [0.5, 0.6) is 5.88 Å². The summed E-state index contributed by atoms with van der Waals surface area (Å²) in [5.74, 6) is -0.0974. The predicted octanol–water partition coefficient (Wildman–Crippen LogP) is 3.97. The van der Waals surface area contributed by atoms with Crippen LogP contribution in [0.2, 0.25) is 0 Å². The van der Waals surface area contributed by atoms with Crippen molar-refractivity contribution < 1.29 is 23.0 Å². The molecule has 2 atom stereocenters. The molecule has 2 saturated carbocycles. The molecule has 4 aliphatic rings. The van der Waals surface area contributed by atoms with Crippen molar-refractivity contribution >= 4 is 17.4 Å². The Balaban J connectivity index is 1.32. The zero-order chi connectivity index (χ0) is 26.3. The SMILES string of the molecule is CC(C)Oc1nc2nc([C@]34CO[C@](C)(C3)C4)cn2cc1C(=O)Nc1cccn(C2CC2(C)C(F)F)c1=O. The van der Waals surface area contributed by atoms with Gasteiger partial charge in [0.1, 0.15) is 11.3 Å². The number of aromatic nitrogens is 4. The number of amides is 1. The van der Waals surface area contributed by atoms with Gasteiger partial charge in [-0.3, -0.25) is 14.0 Å². The van der Waals surface area contributed by atoms with Crippen LogP contribution in [-0.2, 0) is 10.2 Å². The van der Waals surface area contributed by atoms with Gasteiger partial charge in [-0.25, -0.2) is 13.8 Å². The fourth-order valence-electron chi connectivity index (χ4n) is 5.83. The first kappa shape index (κ1) is 24.0. The Hall–Kier alpha value is -3.34. The topological polar surface area (TPSA) is 99.8 Å². The number of imidazole rings is 1. The second kappa shape index (κ2) is 7.83. The molecule has 3 aromatic rings. The third kappa shape index (κ3) is 3.74. The maximum atomic E-state index is 13.4. The number of alkyl halides is 2. The molecule has 196 valence electrons. The van der Waals surface area contributed by atoms with Crippen molar-refractivity contribution in [2.24, 2.45) is 5.41 Å². The lowest BCUT2D eigenvalue weighted by Gasteiger charge is -2.41. The first-order chi connectivity index (χ1) is 17.4. The van der Waals surface area contributed by atoms with E-state index >= 15 is 0 Å². The lowest BCUT2D eigenvalue weighted by atomic mass is 9.62. The molecule has 2 unspecified atom stereocenters. The minimum Gasteiger partial charge on any atom is -0.474 e. The van der Waals surface area contributed by atoms with E-state index in [2.05, 4.69) is 17.2 Å². The quantitative estimate of drug-likeness (QED) is 0.513. The van der Waals surface area contributed by atoms with Crippen LogP contribution in [0.3, 0.4) is 0 Å². The smallest absolute Gasteiger partial charge is 0.274 e. The van der Waals surface area contributed by atoms with Gasteiger partial charge in [-0.1, -0.05) is 6.92 Å². The van der Waals surface area contributed by atoms with E-state index in [4.69, 9.17) is 14.5 Å². The van der Waals surface area contributed by atoms with Crippen LogP contribution < -0.4 is 15.6 Å². The van der Waals surface area contributed by atoms with Crippen molar-refractivity contribution in [1.82, 2.24) is 18.9 Å². The molecule has 11 heteroatoms. The predicted molar refractivity (Wildman–Crippen MR) is 130 cm³/mol. The highest BCUT2D eigenvalue weighted by Gasteiger charge is 2.61. The van der Waals surface area contributed by atoms with E-state index in [0.29, 0.717) is 12.4 Å². The fourth-order valence-corrected chi connectivity index (χ4v) is 5.83. The zero-order valence-corrected chi connectivity index (χ0v) is 21.1. The van der Waals surface area contributed by atoms with Gasteiger partial charge in [-0.15, -0.1) is 0 Å². The summed E-state index contributed by atoms with van der Waals surface area (Å²) in [5.41, 5.74) is -1.05. The van der Waals surface area contributed by atoms with Crippen molar-refractivity contribution in [1.29, 1.82) is 0 Å². The number of anilines is 1. The number of rotatable bonds is 7. The van der Waals surface area contributed by atoms with Crippen molar-refractivity contribution in [3.63, 3.8) is 0 Å². The van der Waals surface area contributed by atoms with Crippen molar-refractivity contribution in [3.8, 4) is 5.88 Å². The number of halogens is 2. The summed E-state index contributed by atoms with van der Waals surface area (Å²) in [5, 5.41) is 2.63. The van der Waals surface area contributed by atoms with Gasteiger partial charge in [0.2, 0.25) is 18.1 Å². The molecule has 2 aliphatic carbocycles. The van der Waals surface area contributed by atoms with Gasteiger partial charge in [0.15, 0.2) is 0 Å². The highest BCUT2D eigenvalue weighted by molar-refractivity contribution is 6.05. The van der Waals surface area contributed by atoms with Crippen LogP contribution in [0.25, 0.3) is 5.78 Å². The Morgan fingerprint density at radius 2 is 2.00 bits per heavy atom. The molecule has 7 rings (SSSR count). The fraction of sp³-hybridized carbons (Fsp3) is 0.538. The third-order valence-corrected chi connectivity index (χ3v) is 7.96. The number of hydrogen-bond acceptors (Lipinski definition) is 6. The molecule has 0 spiro atoms. The summed E-state index contributed by atoms with van der Waals surface area (Å²) in [4.78, 5) is 35.6. The normalized spacial score (nSPS) is 30.1. The maximum Gasteiger partial charge on any atom is 0.274 e. The van der Waals surface area contributed by atoms with Crippen molar-refractivity contribution in [3.05, 3.63) is 52.3 Å². The van der Waals surface area contributed by atoms with E-state index in [1.807, 2.05) is 20.0 Å². The second-order valence-electron chi connectivity index (χ2n) is 11.4. The number of nitrogens with one attached hydrogen (secondary N) is 1. The summed E-state index contributed by atoms with van der Waals surface area (Å²) in [6.45, 7) is 7.79. The zero-order valence-electron chi connectivity index (χ0n) is 21.1. The summed E-state index contributed by atoms with van der Waals surface area (Å²) >= 11 is 0. The molecular weight excluding hydrogens is 484 g/mol. The van der Waals surface area contributed by atoms with E-state index in [9.17, 15) is 18.4 Å². The molecule has 2 aliphatic heterocycles. The minimum absolute atomic E-state index is 0.00585. The molecule has 5 heterocycles.